The number of carbonyl (C=O) groups is 2. The first-order valence-electron chi connectivity index (χ1n) is 11.0. The molecule has 0 bridgehead atoms. The first-order chi connectivity index (χ1) is 15.0. The third kappa shape index (κ3) is 6.09. The van der Waals surface area contributed by atoms with Crippen LogP contribution in [0.2, 0.25) is 0 Å². The Morgan fingerprint density at radius 2 is 1.94 bits per heavy atom. The van der Waals surface area contributed by atoms with E-state index < -0.39 is 11.0 Å². The van der Waals surface area contributed by atoms with Gasteiger partial charge in [-0.1, -0.05) is 32.6 Å². The number of thioether (sulfide) groups is 1. The van der Waals surface area contributed by atoms with Gasteiger partial charge in [-0.05, 0) is 49.0 Å². The van der Waals surface area contributed by atoms with Crippen molar-refractivity contribution in [2.45, 2.75) is 63.3 Å². The van der Waals surface area contributed by atoms with Crippen LogP contribution < -0.4 is 0 Å². The molecule has 1 aliphatic carbocycles. The van der Waals surface area contributed by atoms with Crippen molar-refractivity contribution in [3.63, 3.8) is 0 Å². The fourth-order valence-electron chi connectivity index (χ4n) is 4.14. The van der Waals surface area contributed by atoms with Crippen LogP contribution in [-0.4, -0.2) is 45.5 Å². The van der Waals surface area contributed by atoms with Gasteiger partial charge in [0.15, 0.2) is 0 Å². The van der Waals surface area contributed by atoms with E-state index in [4.69, 9.17) is 4.74 Å². The molecule has 1 aliphatic heterocycles. The molecule has 1 aromatic carbocycles. The van der Waals surface area contributed by atoms with Gasteiger partial charge in [0.1, 0.15) is 6.04 Å². The molecule has 1 saturated heterocycles. The number of nitro groups is 1. The van der Waals surface area contributed by atoms with Gasteiger partial charge in [-0.25, -0.2) is 4.79 Å². The summed E-state index contributed by atoms with van der Waals surface area (Å²) in [6, 6.07) is 5.47. The van der Waals surface area contributed by atoms with E-state index in [1.165, 1.54) is 24.6 Å². The molecular weight excluding hydrogens is 416 g/mol. The Bertz CT molecular complexity index is 805. The molecule has 0 aromatic heterocycles. The lowest BCUT2D eigenvalue weighted by atomic mass is 9.88. The van der Waals surface area contributed by atoms with Crippen molar-refractivity contribution < 1.29 is 19.2 Å². The van der Waals surface area contributed by atoms with Crippen LogP contribution in [0, 0.1) is 16.0 Å². The highest BCUT2D eigenvalue weighted by Crippen LogP contribution is 2.41. The molecule has 2 atom stereocenters. The van der Waals surface area contributed by atoms with Gasteiger partial charge in [0.25, 0.3) is 5.69 Å². The van der Waals surface area contributed by atoms with Crippen LogP contribution in [-0.2, 0) is 14.3 Å². The molecule has 31 heavy (non-hydrogen) atoms. The molecule has 1 amide bonds. The summed E-state index contributed by atoms with van der Waals surface area (Å²) in [6.45, 7) is 2.42. The normalized spacial score (nSPS) is 22.0. The lowest BCUT2D eigenvalue weighted by Gasteiger charge is -2.34. The van der Waals surface area contributed by atoms with Crippen molar-refractivity contribution in [2.75, 3.05) is 12.4 Å². The molecule has 1 saturated carbocycles. The number of hydrogen-bond acceptors (Lipinski definition) is 6. The SMILES string of the molecule is CCCCOC(=O)[C@@H]1CS[C@@H](C2CCCCC2)N1C(=O)/C=C/c1ccc([N+](=O)[O-])cc1. The number of ether oxygens (including phenoxy) is 1. The second-order valence-electron chi connectivity index (χ2n) is 8.09. The Morgan fingerprint density at radius 1 is 1.23 bits per heavy atom. The molecule has 168 valence electrons. The second-order valence-corrected chi connectivity index (χ2v) is 9.24. The van der Waals surface area contributed by atoms with Gasteiger partial charge in [-0.2, -0.15) is 0 Å². The molecule has 1 aromatic rings. The molecule has 7 nitrogen and oxygen atoms in total. The number of rotatable bonds is 8. The van der Waals surface area contributed by atoms with Gasteiger partial charge in [0, 0.05) is 24.0 Å². The van der Waals surface area contributed by atoms with Crippen LogP contribution in [0.5, 0.6) is 0 Å². The number of hydrogen-bond donors (Lipinski definition) is 0. The Hall–Kier alpha value is -2.35. The third-order valence-electron chi connectivity index (χ3n) is 5.88. The van der Waals surface area contributed by atoms with E-state index >= 15 is 0 Å². The lowest BCUT2D eigenvalue weighted by Crippen LogP contribution is -2.48. The van der Waals surface area contributed by atoms with E-state index in [9.17, 15) is 19.7 Å². The summed E-state index contributed by atoms with van der Waals surface area (Å²) in [5.74, 6) is 0.417. The second kappa shape index (κ2) is 11.3. The van der Waals surface area contributed by atoms with Crippen molar-refractivity contribution in [1.29, 1.82) is 0 Å². The number of unbranched alkanes of at least 4 members (excludes halogenated alkanes) is 1. The average molecular weight is 447 g/mol. The Balaban J connectivity index is 1.75. The van der Waals surface area contributed by atoms with Gasteiger partial charge in [0.05, 0.1) is 16.9 Å². The molecule has 8 heteroatoms. The average Bonchev–Trinajstić information content (AvgIpc) is 3.24. The molecule has 2 aliphatic rings. The predicted molar refractivity (Wildman–Crippen MR) is 121 cm³/mol. The minimum Gasteiger partial charge on any atom is -0.464 e. The molecule has 0 spiro atoms. The molecule has 0 radical (unpaired) electrons. The maximum absolute atomic E-state index is 13.2. The Labute approximate surface area is 187 Å². The minimum absolute atomic E-state index is 0.00618. The summed E-state index contributed by atoms with van der Waals surface area (Å²) >= 11 is 1.68. The van der Waals surface area contributed by atoms with Crippen molar-refractivity contribution in [2.24, 2.45) is 5.92 Å². The largest absolute Gasteiger partial charge is 0.464 e. The zero-order valence-corrected chi connectivity index (χ0v) is 18.7. The van der Waals surface area contributed by atoms with Crippen molar-refractivity contribution in [1.82, 2.24) is 4.90 Å². The van der Waals surface area contributed by atoms with E-state index in [0.29, 0.717) is 23.8 Å². The zero-order valence-electron chi connectivity index (χ0n) is 17.9. The van der Waals surface area contributed by atoms with E-state index in [2.05, 4.69) is 0 Å². The molecule has 3 rings (SSSR count). The van der Waals surface area contributed by atoms with E-state index in [-0.39, 0.29) is 22.9 Å². The van der Waals surface area contributed by atoms with Crippen LogP contribution in [0.15, 0.2) is 30.3 Å². The number of carbonyl (C=O) groups excluding carboxylic acids is 2. The fraction of sp³-hybridized carbons (Fsp3) is 0.565. The van der Waals surface area contributed by atoms with Crippen molar-refractivity contribution >= 4 is 35.4 Å². The van der Waals surface area contributed by atoms with E-state index in [1.807, 2.05) is 6.92 Å². The van der Waals surface area contributed by atoms with E-state index in [1.54, 1.807) is 34.9 Å². The lowest BCUT2D eigenvalue weighted by molar-refractivity contribution is -0.384. The quantitative estimate of drug-likeness (QED) is 0.187. The van der Waals surface area contributed by atoms with Gasteiger partial charge in [0.2, 0.25) is 5.91 Å². The highest BCUT2D eigenvalue weighted by Gasteiger charge is 2.45. The van der Waals surface area contributed by atoms with Gasteiger partial charge >= 0.3 is 5.97 Å². The number of non-ortho nitro benzene ring substituents is 1. The maximum atomic E-state index is 13.2. The number of amides is 1. The van der Waals surface area contributed by atoms with Gasteiger partial charge in [-0.3, -0.25) is 14.9 Å². The molecule has 0 unspecified atom stereocenters. The number of esters is 1. The van der Waals surface area contributed by atoms with Crippen molar-refractivity contribution in [3.8, 4) is 0 Å². The standard InChI is InChI=1S/C23H30N2O5S/c1-2-3-15-30-23(27)20-16-31-22(18-7-5-4-6-8-18)24(20)21(26)14-11-17-9-12-19(13-10-17)25(28)29/h9-14,18,20,22H,2-8,15-16H2,1H3/b14-11+/t20-,22-/m0/s1. The number of nitro benzene ring substituents is 1. The highest BCUT2D eigenvalue weighted by atomic mass is 32.2. The first-order valence-corrected chi connectivity index (χ1v) is 12.1. The van der Waals surface area contributed by atoms with Crippen LogP contribution >= 0.6 is 11.8 Å². The van der Waals surface area contributed by atoms with Crippen LogP contribution in [0.25, 0.3) is 6.08 Å². The van der Waals surface area contributed by atoms with Crippen LogP contribution in [0.3, 0.4) is 0 Å². The Morgan fingerprint density at radius 3 is 2.58 bits per heavy atom. The number of benzene rings is 1. The molecular formula is C23H30N2O5S. The molecule has 0 N–H and O–H groups in total. The summed E-state index contributed by atoms with van der Waals surface area (Å²) < 4.78 is 5.45. The summed E-state index contributed by atoms with van der Waals surface area (Å²) in [6.07, 6.45) is 10.6. The minimum atomic E-state index is -0.567. The molecule has 2 fully saturated rings. The topological polar surface area (TPSA) is 89.8 Å². The zero-order chi connectivity index (χ0) is 22.2. The summed E-state index contributed by atoms with van der Waals surface area (Å²) in [5, 5.41) is 10.8. The number of nitrogens with zero attached hydrogens (tertiary/aromatic N) is 2. The van der Waals surface area contributed by atoms with Crippen molar-refractivity contribution in [3.05, 3.63) is 46.0 Å². The summed E-state index contributed by atoms with van der Waals surface area (Å²) in [5.41, 5.74) is 0.703. The van der Waals surface area contributed by atoms with Crippen LogP contribution in [0.1, 0.15) is 57.4 Å². The first kappa shape index (κ1) is 23.3. The summed E-state index contributed by atoms with van der Waals surface area (Å²) in [4.78, 5) is 38.0. The predicted octanol–water partition coefficient (Wildman–Crippen LogP) is 4.80. The molecule has 1 heterocycles. The third-order valence-corrected chi connectivity index (χ3v) is 7.34. The smallest absolute Gasteiger partial charge is 0.329 e. The van der Waals surface area contributed by atoms with E-state index in [0.717, 1.165) is 38.5 Å². The maximum Gasteiger partial charge on any atom is 0.329 e. The summed E-state index contributed by atoms with van der Waals surface area (Å²) in [7, 11) is 0. The fourth-order valence-corrected chi connectivity index (χ4v) is 5.78. The monoisotopic (exact) mass is 446 g/mol. The highest BCUT2D eigenvalue weighted by molar-refractivity contribution is 8.00. The van der Waals surface area contributed by atoms with Gasteiger partial charge < -0.3 is 9.64 Å². The van der Waals surface area contributed by atoms with Gasteiger partial charge in [-0.15, -0.1) is 11.8 Å². The van der Waals surface area contributed by atoms with Crippen LogP contribution in [0.4, 0.5) is 5.69 Å². The Kier molecular flexibility index (Phi) is 8.51.